The molecule has 0 aliphatic carbocycles. The standard InChI is InChI=1S/C13H11N7O2S2/c1-19-7-6(8-10(19)18-11(24-8)9(14)21)2-16-20(12(7)22)3-5-4-23-13(15)17-5/h2,4H,3H2,1H3,(H2,14,21)(H2,15,17). The lowest BCUT2D eigenvalue weighted by Crippen LogP contribution is -2.24. The number of amides is 1. The van der Waals surface area contributed by atoms with Crippen molar-refractivity contribution in [3.05, 3.63) is 32.6 Å². The van der Waals surface area contributed by atoms with E-state index in [4.69, 9.17) is 11.5 Å². The first kappa shape index (κ1) is 14.8. The van der Waals surface area contributed by atoms with Crippen molar-refractivity contribution in [2.75, 3.05) is 5.73 Å². The molecule has 24 heavy (non-hydrogen) atoms. The number of rotatable bonds is 3. The summed E-state index contributed by atoms with van der Waals surface area (Å²) in [6.45, 7) is 0.237. The molecule has 0 radical (unpaired) electrons. The van der Waals surface area contributed by atoms with E-state index in [1.54, 1.807) is 23.2 Å². The quantitative estimate of drug-likeness (QED) is 0.546. The Kier molecular flexibility index (Phi) is 3.15. The van der Waals surface area contributed by atoms with Gasteiger partial charge in [0.25, 0.3) is 11.5 Å². The van der Waals surface area contributed by atoms with Gasteiger partial charge in [0, 0.05) is 17.8 Å². The molecule has 9 nitrogen and oxygen atoms in total. The van der Waals surface area contributed by atoms with E-state index in [0.29, 0.717) is 27.4 Å². The zero-order chi connectivity index (χ0) is 17.0. The predicted octanol–water partition coefficient (Wildman–Crippen LogP) is 0.531. The predicted molar refractivity (Wildman–Crippen MR) is 92.3 cm³/mol. The zero-order valence-corrected chi connectivity index (χ0v) is 14.0. The van der Waals surface area contributed by atoms with Crippen molar-refractivity contribution in [1.29, 1.82) is 0 Å². The van der Waals surface area contributed by atoms with Crippen molar-refractivity contribution in [2.45, 2.75) is 6.54 Å². The molecule has 0 aliphatic heterocycles. The summed E-state index contributed by atoms with van der Waals surface area (Å²) in [5, 5.41) is 7.30. The number of primary amides is 1. The number of hydrogen-bond acceptors (Lipinski definition) is 8. The van der Waals surface area contributed by atoms with Crippen molar-refractivity contribution < 1.29 is 4.79 Å². The molecule has 0 unspecified atom stereocenters. The molecule has 4 rings (SSSR count). The normalized spacial score (nSPS) is 11.5. The highest BCUT2D eigenvalue weighted by Gasteiger charge is 2.19. The maximum absolute atomic E-state index is 12.8. The zero-order valence-electron chi connectivity index (χ0n) is 12.4. The van der Waals surface area contributed by atoms with E-state index in [0.717, 1.165) is 16.0 Å². The minimum Gasteiger partial charge on any atom is -0.375 e. The van der Waals surface area contributed by atoms with Crippen molar-refractivity contribution in [1.82, 2.24) is 24.3 Å². The van der Waals surface area contributed by atoms with E-state index in [1.807, 2.05) is 0 Å². The Balaban J connectivity index is 1.91. The van der Waals surface area contributed by atoms with Gasteiger partial charge >= 0.3 is 0 Å². The lowest BCUT2D eigenvalue weighted by atomic mass is 10.3. The van der Waals surface area contributed by atoms with Crippen LogP contribution < -0.4 is 17.0 Å². The number of nitrogens with two attached hydrogens (primary N) is 2. The maximum Gasteiger partial charge on any atom is 0.291 e. The molecule has 122 valence electrons. The fourth-order valence-electron chi connectivity index (χ4n) is 2.56. The van der Waals surface area contributed by atoms with Crippen LogP contribution in [0.25, 0.3) is 21.3 Å². The molecule has 4 heterocycles. The second kappa shape index (κ2) is 5.11. The van der Waals surface area contributed by atoms with E-state index in [1.165, 1.54) is 16.0 Å². The van der Waals surface area contributed by atoms with Crippen LogP contribution in [0.1, 0.15) is 15.5 Å². The molecule has 4 N–H and O–H groups in total. The Morgan fingerprint density at radius 1 is 1.38 bits per heavy atom. The smallest absolute Gasteiger partial charge is 0.291 e. The Morgan fingerprint density at radius 2 is 2.17 bits per heavy atom. The number of nitrogen functional groups attached to an aromatic ring is 1. The minimum atomic E-state index is -0.591. The molecule has 0 saturated carbocycles. The number of nitrogens with zero attached hydrogens (tertiary/aromatic N) is 5. The van der Waals surface area contributed by atoms with Crippen molar-refractivity contribution in [3.8, 4) is 0 Å². The van der Waals surface area contributed by atoms with Gasteiger partial charge in [0.2, 0.25) is 0 Å². The Labute approximate surface area is 142 Å². The molecule has 0 aromatic carbocycles. The molecule has 0 saturated heterocycles. The number of aromatic nitrogens is 5. The molecule has 0 spiro atoms. The highest BCUT2D eigenvalue weighted by molar-refractivity contribution is 7.21. The molecular weight excluding hydrogens is 350 g/mol. The third kappa shape index (κ3) is 2.09. The maximum atomic E-state index is 12.8. The van der Waals surface area contributed by atoms with Crippen LogP contribution in [-0.4, -0.2) is 30.2 Å². The molecule has 4 aromatic rings. The summed E-state index contributed by atoms with van der Waals surface area (Å²) in [5.74, 6) is -0.591. The van der Waals surface area contributed by atoms with E-state index in [9.17, 15) is 9.59 Å². The Bertz CT molecular complexity index is 1170. The number of aryl methyl sites for hydroxylation is 1. The van der Waals surface area contributed by atoms with Crippen LogP contribution in [0.15, 0.2) is 16.4 Å². The summed E-state index contributed by atoms with van der Waals surface area (Å²) in [4.78, 5) is 32.4. The second-order valence-electron chi connectivity index (χ2n) is 5.14. The lowest BCUT2D eigenvalue weighted by Gasteiger charge is -2.03. The van der Waals surface area contributed by atoms with Crippen molar-refractivity contribution in [3.63, 3.8) is 0 Å². The Hall–Kier alpha value is -2.79. The topological polar surface area (TPSA) is 135 Å². The highest BCUT2D eigenvalue weighted by atomic mass is 32.1. The summed E-state index contributed by atoms with van der Waals surface area (Å²) >= 11 is 2.47. The highest BCUT2D eigenvalue weighted by Crippen LogP contribution is 2.30. The van der Waals surface area contributed by atoms with Crippen LogP contribution in [0.3, 0.4) is 0 Å². The number of carbonyl (C=O) groups excluding carboxylic acids is 1. The van der Waals surface area contributed by atoms with E-state index < -0.39 is 5.91 Å². The monoisotopic (exact) mass is 361 g/mol. The second-order valence-corrected chi connectivity index (χ2v) is 7.03. The number of fused-ring (bicyclic) bond motifs is 3. The van der Waals surface area contributed by atoms with E-state index in [-0.39, 0.29) is 17.1 Å². The van der Waals surface area contributed by atoms with Gasteiger partial charge in [-0.2, -0.15) is 5.10 Å². The van der Waals surface area contributed by atoms with Gasteiger partial charge in [0.05, 0.1) is 23.1 Å². The first-order valence-electron chi connectivity index (χ1n) is 6.80. The number of thiazole rings is 2. The summed E-state index contributed by atoms with van der Waals surface area (Å²) in [5.41, 5.74) is 12.3. The summed E-state index contributed by atoms with van der Waals surface area (Å²) < 4.78 is 3.70. The number of carbonyl (C=O) groups is 1. The summed E-state index contributed by atoms with van der Waals surface area (Å²) in [7, 11) is 1.72. The largest absolute Gasteiger partial charge is 0.375 e. The van der Waals surface area contributed by atoms with Crippen LogP contribution >= 0.6 is 22.7 Å². The van der Waals surface area contributed by atoms with Gasteiger partial charge in [-0.1, -0.05) is 0 Å². The van der Waals surface area contributed by atoms with Gasteiger partial charge in [-0.25, -0.2) is 14.6 Å². The summed E-state index contributed by atoms with van der Waals surface area (Å²) in [6, 6.07) is 0. The van der Waals surface area contributed by atoms with Gasteiger partial charge in [-0.3, -0.25) is 9.59 Å². The molecule has 1 amide bonds. The Morgan fingerprint density at radius 3 is 2.83 bits per heavy atom. The fourth-order valence-corrected chi connectivity index (χ4v) is 4.07. The van der Waals surface area contributed by atoms with Gasteiger partial charge < -0.3 is 16.0 Å². The number of hydrogen-bond donors (Lipinski definition) is 2. The van der Waals surface area contributed by atoms with E-state index >= 15 is 0 Å². The average Bonchev–Trinajstić information content (AvgIpc) is 3.20. The van der Waals surface area contributed by atoms with Crippen LogP contribution in [0.4, 0.5) is 5.13 Å². The fraction of sp³-hybridized carbons (Fsp3) is 0.154. The molecule has 0 atom stereocenters. The minimum absolute atomic E-state index is 0.208. The van der Waals surface area contributed by atoms with Gasteiger partial charge in [0.1, 0.15) is 5.52 Å². The third-order valence-corrected chi connectivity index (χ3v) is 5.43. The molecule has 4 aromatic heterocycles. The molecule has 0 aliphatic rings. The van der Waals surface area contributed by atoms with Gasteiger partial charge in [-0.05, 0) is 0 Å². The van der Waals surface area contributed by atoms with Gasteiger partial charge in [-0.15, -0.1) is 22.7 Å². The molecule has 0 bridgehead atoms. The van der Waals surface area contributed by atoms with Crippen molar-refractivity contribution >= 4 is 55.0 Å². The molecular formula is C13H11N7O2S2. The lowest BCUT2D eigenvalue weighted by molar-refractivity contribution is 0.1000. The van der Waals surface area contributed by atoms with Crippen LogP contribution in [0.5, 0.6) is 0 Å². The first-order valence-corrected chi connectivity index (χ1v) is 8.50. The van der Waals surface area contributed by atoms with Gasteiger partial charge in [0.15, 0.2) is 15.8 Å². The van der Waals surface area contributed by atoms with Crippen LogP contribution in [0, 0.1) is 0 Å². The molecule has 11 heteroatoms. The van der Waals surface area contributed by atoms with E-state index in [2.05, 4.69) is 15.1 Å². The third-order valence-electron chi connectivity index (χ3n) is 3.62. The molecule has 0 fully saturated rings. The first-order chi connectivity index (χ1) is 11.5. The van der Waals surface area contributed by atoms with Crippen LogP contribution in [-0.2, 0) is 13.6 Å². The van der Waals surface area contributed by atoms with Crippen molar-refractivity contribution in [2.24, 2.45) is 12.8 Å². The summed E-state index contributed by atoms with van der Waals surface area (Å²) in [6.07, 6.45) is 1.59. The van der Waals surface area contributed by atoms with Crippen LogP contribution in [0.2, 0.25) is 0 Å². The number of anilines is 1. The SMILES string of the molecule is Cn1c2nc(C(N)=O)sc2c2cnn(Cc3csc(N)n3)c(=O)c21. The average molecular weight is 361 g/mol.